The number of ether oxygens (including phenoxy) is 1. The first-order valence-corrected chi connectivity index (χ1v) is 7.50. The molecule has 3 rings (SSSR count). The van der Waals surface area contributed by atoms with E-state index in [0.717, 1.165) is 16.5 Å². The number of ketones is 1. The lowest BCUT2D eigenvalue weighted by atomic mass is 10.0. The molecule has 2 aromatic carbocycles. The van der Waals surface area contributed by atoms with Crippen LogP contribution in [0.15, 0.2) is 36.5 Å². The fraction of sp³-hybridized carbons (Fsp3) is 0.167. The Hall–Kier alpha value is -2.33. The van der Waals surface area contributed by atoms with Crippen LogP contribution in [-0.2, 0) is 6.42 Å². The van der Waals surface area contributed by atoms with Gasteiger partial charge in [-0.1, -0.05) is 17.7 Å². The van der Waals surface area contributed by atoms with Crippen LogP contribution >= 0.6 is 11.6 Å². The molecule has 1 aromatic heterocycles. The van der Waals surface area contributed by atoms with Crippen molar-refractivity contribution in [2.45, 2.75) is 13.3 Å². The van der Waals surface area contributed by atoms with Crippen molar-refractivity contribution >= 4 is 28.3 Å². The van der Waals surface area contributed by atoms with Crippen LogP contribution in [0.4, 0.5) is 4.39 Å². The number of methoxy groups -OCH3 is 1. The molecule has 0 bridgehead atoms. The highest BCUT2D eigenvalue weighted by atomic mass is 35.5. The topological polar surface area (TPSA) is 42.1 Å². The van der Waals surface area contributed by atoms with Gasteiger partial charge in [0.1, 0.15) is 11.6 Å². The van der Waals surface area contributed by atoms with E-state index >= 15 is 0 Å². The minimum atomic E-state index is -0.396. The lowest BCUT2D eigenvalue weighted by Crippen LogP contribution is -2.04. The van der Waals surface area contributed by atoms with Gasteiger partial charge in [0.15, 0.2) is 5.78 Å². The fourth-order valence-electron chi connectivity index (χ4n) is 2.61. The third kappa shape index (κ3) is 2.94. The number of fused-ring (bicyclic) bond motifs is 1. The zero-order valence-electron chi connectivity index (χ0n) is 12.7. The molecule has 23 heavy (non-hydrogen) atoms. The minimum Gasteiger partial charge on any atom is -0.496 e. The number of carbonyl (C=O) groups is 1. The Morgan fingerprint density at radius 3 is 2.83 bits per heavy atom. The minimum absolute atomic E-state index is 0.0823. The van der Waals surface area contributed by atoms with E-state index in [4.69, 9.17) is 16.3 Å². The highest BCUT2D eigenvalue weighted by Crippen LogP contribution is 2.28. The van der Waals surface area contributed by atoms with Crippen LogP contribution in [0.1, 0.15) is 21.5 Å². The van der Waals surface area contributed by atoms with Gasteiger partial charge < -0.3 is 9.72 Å². The molecule has 0 aliphatic rings. The molecule has 3 nitrogen and oxygen atoms in total. The van der Waals surface area contributed by atoms with Crippen molar-refractivity contribution in [2.24, 2.45) is 0 Å². The summed E-state index contributed by atoms with van der Waals surface area (Å²) in [6.45, 7) is 1.91. The summed E-state index contributed by atoms with van der Waals surface area (Å²) in [5, 5.41) is 1.40. The first kappa shape index (κ1) is 15.6. The van der Waals surface area contributed by atoms with Gasteiger partial charge in [-0.25, -0.2) is 4.39 Å². The normalized spacial score (nSPS) is 11.0. The molecule has 0 aliphatic heterocycles. The van der Waals surface area contributed by atoms with E-state index in [9.17, 15) is 9.18 Å². The SMILES string of the molecule is COc1cc(F)ccc1CC(=O)c1c[nH]c2cc(C)c(Cl)cc12. The fourth-order valence-corrected chi connectivity index (χ4v) is 2.78. The van der Waals surface area contributed by atoms with Gasteiger partial charge in [-0.15, -0.1) is 0 Å². The highest BCUT2D eigenvalue weighted by molar-refractivity contribution is 6.32. The second-order valence-corrected chi connectivity index (χ2v) is 5.81. The number of hydrogen-bond donors (Lipinski definition) is 1. The molecule has 0 aliphatic carbocycles. The van der Waals surface area contributed by atoms with Gasteiger partial charge in [-0.05, 0) is 30.7 Å². The Labute approximate surface area is 138 Å². The van der Waals surface area contributed by atoms with Crippen molar-refractivity contribution in [1.29, 1.82) is 0 Å². The van der Waals surface area contributed by atoms with E-state index in [1.807, 2.05) is 13.0 Å². The zero-order valence-corrected chi connectivity index (χ0v) is 13.5. The molecular formula is C18H15ClFNO2. The van der Waals surface area contributed by atoms with E-state index in [0.29, 0.717) is 21.9 Å². The average Bonchev–Trinajstić information content (AvgIpc) is 2.92. The van der Waals surface area contributed by atoms with Crippen LogP contribution in [0.25, 0.3) is 10.9 Å². The second kappa shape index (κ2) is 6.05. The van der Waals surface area contributed by atoms with Crippen LogP contribution in [0.5, 0.6) is 5.75 Å². The Bertz CT molecular complexity index is 901. The van der Waals surface area contributed by atoms with Crippen LogP contribution < -0.4 is 4.74 Å². The monoisotopic (exact) mass is 331 g/mol. The van der Waals surface area contributed by atoms with Gasteiger partial charge in [-0.3, -0.25) is 4.79 Å². The van der Waals surface area contributed by atoms with Gasteiger partial charge in [-0.2, -0.15) is 0 Å². The molecule has 0 unspecified atom stereocenters. The molecule has 1 N–H and O–H groups in total. The number of aryl methyl sites for hydroxylation is 1. The first-order valence-electron chi connectivity index (χ1n) is 7.12. The predicted octanol–water partition coefficient (Wildman–Crippen LogP) is 4.70. The van der Waals surface area contributed by atoms with Gasteiger partial charge in [0.2, 0.25) is 0 Å². The molecule has 118 valence electrons. The molecule has 0 spiro atoms. The molecule has 0 radical (unpaired) electrons. The molecule has 1 heterocycles. The molecule has 0 atom stereocenters. The van der Waals surface area contributed by atoms with Gasteiger partial charge in [0.05, 0.1) is 7.11 Å². The summed E-state index contributed by atoms with van der Waals surface area (Å²) >= 11 is 6.16. The summed E-state index contributed by atoms with van der Waals surface area (Å²) in [5.74, 6) is -0.111. The standard InChI is InChI=1S/C18H15ClFNO2/c1-10-5-16-13(8-15(10)19)14(9-21-16)17(22)6-11-3-4-12(20)7-18(11)23-2/h3-5,7-9,21H,6H2,1-2H3. The number of hydrogen-bond acceptors (Lipinski definition) is 2. The largest absolute Gasteiger partial charge is 0.496 e. The zero-order chi connectivity index (χ0) is 16.6. The molecule has 0 fully saturated rings. The van der Waals surface area contributed by atoms with Gasteiger partial charge >= 0.3 is 0 Å². The number of aromatic amines is 1. The number of halogens is 2. The number of rotatable bonds is 4. The van der Waals surface area contributed by atoms with Crippen LogP contribution in [0.3, 0.4) is 0 Å². The summed E-state index contributed by atoms with van der Waals surface area (Å²) < 4.78 is 18.4. The summed E-state index contributed by atoms with van der Waals surface area (Å²) in [6, 6.07) is 7.86. The van der Waals surface area contributed by atoms with E-state index in [2.05, 4.69) is 4.98 Å². The van der Waals surface area contributed by atoms with Crippen molar-refractivity contribution in [3.05, 3.63) is 64.1 Å². The maximum Gasteiger partial charge on any atom is 0.169 e. The summed E-state index contributed by atoms with van der Waals surface area (Å²) in [4.78, 5) is 15.7. The van der Waals surface area contributed by atoms with Crippen molar-refractivity contribution in [1.82, 2.24) is 4.98 Å². The van der Waals surface area contributed by atoms with Crippen LogP contribution in [0, 0.1) is 12.7 Å². The number of nitrogens with one attached hydrogen (secondary N) is 1. The molecular weight excluding hydrogens is 317 g/mol. The van der Waals surface area contributed by atoms with E-state index in [-0.39, 0.29) is 12.2 Å². The quantitative estimate of drug-likeness (QED) is 0.704. The maximum atomic E-state index is 13.3. The molecule has 0 saturated carbocycles. The predicted molar refractivity (Wildman–Crippen MR) is 89.0 cm³/mol. The van der Waals surface area contributed by atoms with Crippen molar-refractivity contribution < 1.29 is 13.9 Å². The van der Waals surface area contributed by atoms with Crippen molar-refractivity contribution in [3.63, 3.8) is 0 Å². The van der Waals surface area contributed by atoms with Crippen molar-refractivity contribution in [2.75, 3.05) is 7.11 Å². The van der Waals surface area contributed by atoms with Crippen molar-refractivity contribution in [3.8, 4) is 5.75 Å². The van der Waals surface area contributed by atoms with E-state index in [1.165, 1.54) is 19.2 Å². The van der Waals surface area contributed by atoms with Gasteiger partial charge in [0, 0.05) is 45.7 Å². The Morgan fingerprint density at radius 1 is 1.30 bits per heavy atom. The smallest absolute Gasteiger partial charge is 0.169 e. The lowest BCUT2D eigenvalue weighted by molar-refractivity contribution is 0.0993. The summed E-state index contributed by atoms with van der Waals surface area (Å²) in [6.07, 6.45) is 1.81. The van der Waals surface area contributed by atoms with Crippen LogP contribution in [-0.4, -0.2) is 17.9 Å². The Morgan fingerprint density at radius 2 is 2.09 bits per heavy atom. The number of H-pyrrole nitrogens is 1. The summed E-state index contributed by atoms with van der Waals surface area (Å²) in [5.41, 5.74) is 3.02. The third-order valence-corrected chi connectivity index (χ3v) is 4.27. The van der Waals surface area contributed by atoms with E-state index in [1.54, 1.807) is 18.3 Å². The number of carbonyl (C=O) groups excluding carboxylic acids is 1. The van der Waals surface area contributed by atoms with Crippen LogP contribution in [0.2, 0.25) is 5.02 Å². The molecule has 3 aromatic rings. The second-order valence-electron chi connectivity index (χ2n) is 5.41. The number of Topliss-reactive ketones (excluding diaryl/α,β-unsaturated/α-hetero) is 1. The van der Waals surface area contributed by atoms with Gasteiger partial charge in [0.25, 0.3) is 0 Å². The van der Waals surface area contributed by atoms with E-state index < -0.39 is 5.82 Å². The Kier molecular flexibility index (Phi) is 4.09. The molecule has 0 saturated heterocycles. The maximum absolute atomic E-state index is 13.3. The lowest BCUT2D eigenvalue weighted by Gasteiger charge is -2.08. The first-order chi connectivity index (χ1) is 11.0. The average molecular weight is 332 g/mol. The number of aromatic nitrogens is 1. The number of benzene rings is 2. The molecule has 5 heteroatoms. The Balaban J connectivity index is 1.97. The highest BCUT2D eigenvalue weighted by Gasteiger charge is 2.16. The summed E-state index contributed by atoms with van der Waals surface area (Å²) in [7, 11) is 1.46. The molecule has 0 amide bonds. The third-order valence-electron chi connectivity index (χ3n) is 3.86.